The molecule has 1 aromatic heterocycles. The summed E-state index contributed by atoms with van der Waals surface area (Å²) in [5.41, 5.74) is 0.695. The maximum absolute atomic E-state index is 12.4. The Hall–Kier alpha value is -0.900. The zero-order valence-corrected chi connectivity index (χ0v) is 8.35. The van der Waals surface area contributed by atoms with Crippen LogP contribution in [0.25, 0.3) is 0 Å². The fourth-order valence-corrected chi connectivity index (χ4v) is 1.82. The number of rotatable bonds is 2. The van der Waals surface area contributed by atoms with Gasteiger partial charge in [0.25, 0.3) is 0 Å². The Morgan fingerprint density at radius 2 is 2.21 bits per heavy atom. The van der Waals surface area contributed by atoms with Crippen molar-refractivity contribution in [2.75, 3.05) is 13.1 Å². The van der Waals surface area contributed by atoms with Crippen molar-refractivity contribution in [3.63, 3.8) is 0 Å². The highest BCUT2D eigenvalue weighted by Crippen LogP contribution is 2.26. The molecule has 1 saturated heterocycles. The van der Waals surface area contributed by atoms with Gasteiger partial charge in [-0.15, -0.1) is 0 Å². The highest BCUT2D eigenvalue weighted by molar-refractivity contribution is 5.09. The molecular formula is C10H15FN2O. The smallest absolute Gasteiger partial charge is 0.197 e. The Balaban J connectivity index is 2.14. The van der Waals surface area contributed by atoms with Crippen molar-refractivity contribution < 1.29 is 8.81 Å². The van der Waals surface area contributed by atoms with Gasteiger partial charge >= 0.3 is 0 Å². The van der Waals surface area contributed by atoms with Crippen LogP contribution in [-0.4, -0.2) is 18.1 Å². The van der Waals surface area contributed by atoms with Gasteiger partial charge in [0.05, 0.1) is 5.69 Å². The summed E-state index contributed by atoms with van der Waals surface area (Å²) in [7, 11) is 0. The first kappa shape index (κ1) is 9.65. The van der Waals surface area contributed by atoms with E-state index < -0.39 is 6.67 Å². The molecule has 0 radical (unpaired) electrons. The predicted octanol–water partition coefficient (Wildman–Crippen LogP) is 1.92. The van der Waals surface area contributed by atoms with Crippen LogP contribution in [0, 0.1) is 6.92 Å². The summed E-state index contributed by atoms with van der Waals surface area (Å²) in [5, 5.41) is 3.28. The Bertz CT molecular complexity index is 305. The second-order valence-electron chi connectivity index (χ2n) is 3.72. The molecule has 4 heteroatoms. The summed E-state index contributed by atoms with van der Waals surface area (Å²) in [6, 6.07) is 0. The lowest BCUT2D eigenvalue weighted by Crippen LogP contribution is -2.26. The molecule has 0 aliphatic carbocycles. The van der Waals surface area contributed by atoms with Gasteiger partial charge in [-0.2, -0.15) is 0 Å². The van der Waals surface area contributed by atoms with E-state index in [4.69, 9.17) is 4.42 Å². The molecule has 1 aromatic rings. The second kappa shape index (κ2) is 4.09. The maximum Gasteiger partial charge on any atom is 0.197 e. The molecule has 0 aromatic carbocycles. The monoisotopic (exact) mass is 198 g/mol. The maximum atomic E-state index is 12.4. The van der Waals surface area contributed by atoms with Crippen molar-refractivity contribution in [3.8, 4) is 0 Å². The largest absolute Gasteiger partial charge is 0.442 e. The van der Waals surface area contributed by atoms with E-state index in [1.54, 1.807) is 6.92 Å². The highest BCUT2D eigenvalue weighted by Gasteiger charge is 2.21. The molecule has 78 valence electrons. The number of aryl methyl sites for hydroxylation is 1. The molecule has 1 aliphatic heterocycles. The van der Waals surface area contributed by atoms with Crippen molar-refractivity contribution >= 4 is 0 Å². The standard InChI is InChI=1S/C10H15FN2O/c1-7-9(6-11)14-10(13-7)8-2-4-12-5-3-8/h8,12H,2-6H2,1H3. The van der Waals surface area contributed by atoms with Crippen LogP contribution < -0.4 is 5.32 Å². The van der Waals surface area contributed by atoms with Crippen LogP contribution in [0.4, 0.5) is 4.39 Å². The fourth-order valence-electron chi connectivity index (χ4n) is 1.82. The van der Waals surface area contributed by atoms with Gasteiger partial charge in [0.2, 0.25) is 0 Å². The van der Waals surface area contributed by atoms with Gasteiger partial charge in [0.15, 0.2) is 11.7 Å². The van der Waals surface area contributed by atoms with Crippen LogP contribution >= 0.6 is 0 Å². The summed E-state index contributed by atoms with van der Waals surface area (Å²) in [6.45, 7) is 3.24. The third kappa shape index (κ3) is 1.80. The topological polar surface area (TPSA) is 38.1 Å². The van der Waals surface area contributed by atoms with Crippen molar-refractivity contribution in [2.45, 2.75) is 32.4 Å². The minimum absolute atomic E-state index is 0.371. The van der Waals surface area contributed by atoms with E-state index in [1.807, 2.05) is 0 Å². The molecule has 0 unspecified atom stereocenters. The number of hydrogen-bond acceptors (Lipinski definition) is 3. The van der Waals surface area contributed by atoms with E-state index in [0.717, 1.165) is 31.8 Å². The average Bonchev–Trinajstić information content (AvgIpc) is 2.61. The molecule has 3 nitrogen and oxygen atoms in total. The number of piperidine rings is 1. The van der Waals surface area contributed by atoms with E-state index in [0.29, 0.717) is 17.4 Å². The number of aromatic nitrogens is 1. The van der Waals surface area contributed by atoms with Gasteiger partial charge in [-0.3, -0.25) is 0 Å². The predicted molar refractivity (Wildman–Crippen MR) is 50.9 cm³/mol. The average molecular weight is 198 g/mol. The minimum Gasteiger partial charge on any atom is -0.442 e. The van der Waals surface area contributed by atoms with E-state index in [2.05, 4.69) is 10.3 Å². The zero-order chi connectivity index (χ0) is 9.97. The molecular weight excluding hydrogens is 183 g/mol. The van der Waals surface area contributed by atoms with Crippen LogP contribution in [-0.2, 0) is 6.67 Å². The summed E-state index contributed by atoms with van der Waals surface area (Å²) < 4.78 is 17.8. The highest BCUT2D eigenvalue weighted by atomic mass is 19.1. The van der Waals surface area contributed by atoms with Crippen LogP contribution in [0.1, 0.15) is 36.1 Å². The molecule has 0 bridgehead atoms. The van der Waals surface area contributed by atoms with Gasteiger partial charge in [0, 0.05) is 5.92 Å². The lowest BCUT2D eigenvalue weighted by Gasteiger charge is -2.19. The molecule has 2 heterocycles. The Labute approximate surface area is 82.7 Å². The van der Waals surface area contributed by atoms with E-state index in [1.165, 1.54) is 0 Å². The van der Waals surface area contributed by atoms with Crippen LogP contribution in [0.3, 0.4) is 0 Å². The zero-order valence-electron chi connectivity index (χ0n) is 8.35. The van der Waals surface area contributed by atoms with E-state index >= 15 is 0 Å². The Morgan fingerprint density at radius 3 is 2.79 bits per heavy atom. The first-order chi connectivity index (χ1) is 6.81. The Kier molecular flexibility index (Phi) is 2.82. The third-order valence-electron chi connectivity index (χ3n) is 2.72. The summed E-state index contributed by atoms with van der Waals surface area (Å²) in [5.74, 6) is 1.48. The summed E-state index contributed by atoms with van der Waals surface area (Å²) in [6.07, 6.45) is 2.07. The lowest BCUT2D eigenvalue weighted by atomic mass is 9.98. The molecule has 2 rings (SSSR count). The number of alkyl halides is 1. The van der Waals surface area contributed by atoms with Gasteiger partial charge in [-0.25, -0.2) is 9.37 Å². The molecule has 0 saturated carbocycles. The van der Waals surface area contributed by atoms with Gasteiger partial charge in [-0.1, -0.05) is 0 Å². The number of nitrogens with one attached hydrogen (secondary N) is 1. The first-order valence-electron chi connectivity index (χ1n) is 5.04. The van der Waals surface area contributed by atoms with Gasteiger partial charge < -0.3 is 9.73 Å². The second-order valence-corrected chi connectivity index (χ2v) is 3.72. The lowest BCUT2D eigenvalue weighted by molar-refractivity contribution is 0.332. The number of nitrogens with zero attached hydrogens (tertiary/aromatic N) is 1. The molecule has 1 fully saturated rings. The summed E-state index contributed by atoms with van der Waals surface area (Å²) >= 11 is 0. The molecule has 1 N–H and O–H groups in total. The molecule has 14 heavy (non-hydrogen) atoms. The Morgan fingerprint density at radius 1 is 1.50 bits per heavy atom. The number of hydrogen-bond donors (Lipinski definition) is 1. The van der Waals surface area contributed by atoms with Crippen molar-refractivity contribution in [2.24, 2.45) is 0 Å². The van der Waals surface area contributed by atoms with Crippen LogP contribution in [0.15, 0.2) is 4.42 Å². The van der Waals surface area contributed by atoms with Crippen LogP contribution in [0.5, 0.6) is 0 Å². The quantitative estimate of drug-likeness (QED) is 0.789. The fraction of sp³-hybridized carbons (Fsp3) is 0.700. The molecule has 0 atom stereocenters. The van der Waals surface area contributed by atoms with Crippen molar-refractivity contribution in [1.82, 2.24) is 10.3 Å². The van der Waals surface area contributed by atoms with Crippen LogP contribution in [0.2, 0.25) is 0 Å². The summed E-state index contributed by atoms with van der Waals surface area (Å²) in [4.78, 5) is 4.27. The number of oxazole rings is 1. The van der Waals surface area contributed by atoms with Crippen molar-refractivity contribution in [3.05, 3.63) is 17.3 Å². The van der Waals surface area contributed by atoms with E-state index in [-0.39, 0.29) is 0 Å². The van der Waals surface area contributed by atoms with Gasteiger partial charge in [0.1, 0.15) is 6.67 Å². The molecule has 0 spiro atoms. The normalized spacial score (nSPS) is 18.7. The number of halogens is 1. The third-order valence-corrected chi connectivity index (χ3v) is 2.72. The SMILES string of the molecule is Cc1nc(C2CCNCC2)oc1CF. The van der Waals surface area contributed by atoms with Gasteiger partial charge in [-0.05, 0) is 32.9 Å². The van der Waals surface area contributed by atoms with Crippen molar-refractivity contribution in [1.29, 1.82) is 0 Å². The first-order valence-corrected chi connectivity index (χ1v) is 5.04. The minimum atomic E-state index is -0.552. The molecule has 1 aliphatic rings. The van der Waals surface area contributed by atoms with E-state index in [9.17, 15) is 4.39 Å². The molecule has 0 amide bonds.